The molecule has 0 amide bonds. The molecular formula is C42H42N6O6. The lowest BCUT2D eigenvalue weighted by molar-refractivity contribution is 0.283. The lowest BCUT2D eigenvalue weighted by atomic mass is 10.0. The van der Waals surface area contributed by atoms with Gasteiger partial charge in [0.25, 0.3) is 11.1 Å². The second kappa shape index (κ2) is 16.7. The van der Waals surface area contributed by atoms with Crippen LogP contribution in [0.3, 0.4) is 0 Å². The first-order valence-electron chi connectivity index (χ1n) is 17.3. The summed E-state index contributed by atoms with van der Waals surface area (Å²) in [5, 5.41) is 12.9. The van der Waals surface area contributed by atoms with Crippen molar-refractivity contribution in [2.75, 3.05) is 17.1 Å². The molecule has 2 aromatic heterocycles. The van der Waals surface area contributed by atoms with Gasteiger partial charge in [-0.2, -0.15) is 9.48 Å². The van der Waals surface area contributed by atoms with E-state index in [1.807, 2.05) is 123 Å². The fourth-order valence-electron chi connectivity index (χ4n) is 6.00. The number of aromatic nitrogens is 2. The zero-order chi connectivity index (χ0) is 38.2. The summed E-state index contributed by atoms with van der Waals surface area (Å²) in [6.07, 6.45) is 3.17. The Hall–Kier alpha value is -6.82. The molecule has 0 radical (unpaired) electrons. The van der Waals surface area contributed by atoms with Crippen molar-refractivity contribution in [3.05, 3.63) is 164 Å². The van der Waals surface area contributed by atoms with E-state index in [1.54, 1.807) is 44.2 Å². The van der Waals surface area contributed by atoms with Crippen molar-refractivity contribution in [2.45, 2.75) is 34.0 Å². The van der Waals surface area contributed by atoms with E-state index >= 15 is 0 Å². The van der Waals surface area contributed by atoms with Gasteiger partial charge in [-0.25, -0.2) is 5.01 Å². The van der Waals surface area contributed by atoms with Gasteiger partial charge in [0, 0.05) is 32.9 Å². The molecule has 0 bridgehead atoms. The van der Waals surface area contributed by atoms with E-state index < -0.39 is 0 Å². The van der Waals surface area contributed by atoms with Crippen LogP contribution in [0, 0.1) is 13.8 Å². The summed E-state index contributed by atoms with van der Waals surface area (Å²) in [4.78, 5) is 25.8. The highest BCUT2D eigenvalue weighted by Gasteiger charge is 2.19. The highest BCUT2D eigenvalue weighted by Crippen LogP contribution is 2.27. The van der Waals surface area contributed by atoms with Gasteiger partial charge in [0.1, 0.15) is 24.7 Å². The minimum atomic E-state index is -0.225. The number of aryl methyl sites for hydroxylation is 4. The van der Waals surface area contributed by atoms with E-state index in [0.29, 0.717) is 34.1 Å². The molecule has 6 rings (SSSR count). The molecule has 0 N–H and O–H groups in total. The Bertz CT molecular complexity index is 2420. The summed E-state index contributed by atoms with van der Waals surface area (Å²) in [7, 11) is 5.02. The van der Waals surface area contributed by atoms with Crippen LogP contribution in [-0.4, -0.2) is 28.8 Å². The molecule has 0 unspecified atom stereocenters. The zero-order valence-electron chi connectivity index (χ0n) is 31.1. The van der Waals surface area contributed by atoms with E-state index in [2.05, 4.69) is 5.10 Å². The molecule has 0 aliphatic carbocycles. The molecule has 2 heterocycles. The third kappa shape index (κ3) is 8.28. The Labute approximate surface area is 313 Å². The molecule has 54 heavy (non-hydrogen) atoms. The van der Waals surface area contributed by atoms with E-state index in [0.717, 1.165) is 33.6 Å². The Morgan fingerprint density at radius 1 is 0.704 bits per heavy atom. The van der Waals surface area contributed by atoms with E-state index in [-0.39, 0.29) is 24.3 Å². The first-order valence-corrected chi connectivity index (χ1v) is 17.3. The standard InChI is InChI=1S/C42H42N6O6/c1-29(25-48(35-21-11-8-12-22-35)43-28-51-26-32-17-13-15-23-36(32)38-30(2)53-46(5)41(38)49)40(44-45(4)34-19-9-7-10-20-34)52-27-33-18-14-16-24-37(33)39-31(3)54-47(6)42(39)50/h7-25,28H,26-27H2,1-6H3/b29-25-,43-28+,44-40+. The molecule has 0 saturated heterocycles. The number of hydrogen-bond acceptors (Lipinski definition) is 10. The fourth-order valence-corrected chi connectivity index (χ4v) is 6.00. The van der Waals surface area contributed by atoms with E-state index in [4.69, 9.17) is 23.6 Å². The predicted octanol–water partition coefficient (Wildman–Crippen LogP) is 7.76. The minimum Gasteiger partial charge on any atom is -0.477 e. The Kier molecular flexibility index (Phi) is 11.4. The van der Waals surface area contributed by atoms with Crippen molar-refractivity contribution in [3.63, 3.8) is 0 Å². The lowest BCUT2D eigenvalue weighted by Crippen LogP contribution is -2.19. The van der Waals surface area contributed by atoms with Gasteiger partial charge in [-0.15, -0.1) is 10.2 Å². The number of nitrogens with zero attached hydrogens (tertiary/aromatic N) is 6. The molecule has 0 atom stereocenters. The molecule has 12 nitrogen and oxygen atoms in total. The van der Waals surface area contributed by atoms with Gasteiger partial charge in [0.05, 0.1) is 22.5 Å². The first kappa shape index (κ1) is 37.0. The Morgan fingerprint density at radius 2 is 1.19 bits per heavy atom. The third-order valence-corrected chi connectivity index (χ3v) is 8.72. The first-order chi connectivity index (χ1) is 26.1. The van der Waals surface area contributed by atoms with Crippen LogP contribution in [0.5, 0.6) is 0 Å². The maximum atomic E-state index is 13.0. The molecule has 0 saturated carbocycles. The second-order valence-electron chi connectivity index (χ2n) is 12.5. The van der Waals surface area contributed by atoms with Crippen LogP contribution in [0.15, 0.2) is 150 Å². The van der Waals surface area contributed by atoms with Gasteiger partial charge in [0.15, 0.2) is 6.40 Å². The van der Waals surface area contributed by atoms with Crippen molar-refractivity contribution in [3.8, 4) is 22.3 Å². The third-order valence-electron chi connectivity index (χ3n) is 8.72. The average Bonchev–Trinajstić information content (AvgIpc) is 3.60. The van der Waals surface area contributed by atoms with Gasteiger partial charge in [-0.05, 0) is 67.3 Å². The second-order valence-corrected chi connectivity index (χ2v) is 12.5. The molecule has 4 aromatic carbocycles. The topological polar surface area (TPSA) is 120 Å². The van der Waals surface area contributed by atoms with E-state index in [1.165, 1.54) is 15.9 Å². The van der Waals surface area contributed by atoms with Crippen LogP contribution in [0.2, 0.25) is 0 Å². The summed E-state index contributed by atoms with van der Waals surface area (Å²) in [5.41, 5.74) is 5.87. The largest absolute Gasteiger partial charge is 0.477 e. The Morgan fingerprint density at radius 3 is 1.70 bits per heavy atom. The number of para-hydroxylation sites is 2. The van der Waals surface area contributed by atoms with Gasteiger partial charge in [-0.1, -0.05) is 84.9 Å². The van der Waals surface area contributed by atoms with Crippen molar-refractivity contribution in [2.24, 2.45) is 24.3 Å². The van der Waals surface area contributed by atoms with Crippen molar-refractivity contribution >= 4 is 23.7 Å². The molecule has 0 fully saturated rings. The molecule has 0 aliphatic heterocycles. The summed E-state index contributed by atoms with van der Waals surface area (Å²) in [5.74, 6) is 1.38. The number of rotatable bonds is 13. The normalized spacial score (nSPS) is 12.0. The summed E-state index contributed by atoms with van der Waals surface area (Å²) >= 11 is 0. The predicted molar refractivity (Wildman–Crippen MR) is 211 cm³/mol. The smallest absolute Gasteiger partial charge is 0.290 e. The molecule has 6 aromatic rings. The molecule has 0 aliphatic rings. The van der Waals surface area contributed by atoms with Crippen LogP contribution in [-0.2, 0) is 36.8 Å². The lowest BCUT2D eigenvalue weighted by Gasteiger charge is -2.20. The number of hydrogen-bond donors (Lipinski definition) is 0. The zero-order valence-corrected chi connectivity index (χ0v) is 31.1. The van der Waals surface area contributed by atoms with Gasteiger partial charge in [-0.3, -0.25) is 14.6 Å². The quantitative estimate of drug-likeness (QED) is 0.0673. The summed E-state index contributed by atoms with van der Waals surface area (Å²) in [6, 6.07) is 34.5. The van der Waals surface area contributed by atoms with Crippen LogP contribution in [0.25, 0.3) is 22.3 Å². The van der Waals surface area contributed by atoms with Gasteiger partial charge >= 0.3 is 0 Å². The van der Waals surface area contributed by atoms with Crippen LogP contribution >= 0.6 is 0 Å². The SMILES string of the molecule is CC(=C/N(/N=C/OCc1ccccc1-c1c(C)on(C)c1=O)c1ccccc1)/C(=N\N(C)c1ccccc1)OCc1ccccc1-c1c(C)on(C)c1=O. The van der Waals surface area contributed by atoms with Crippen LogP contribution < -0.4 is 21.1 Å². The van der Waals surface area contributed by atoms with Crippen molar-refractivity contribution in [1.82, 2.24) is 9.48 Å². The molecular weight excluding hydrogens is 684 g/mol. The molecule has 0 spiro atoms. The fraction of sp³-hybridized carbons (Fsp3) is 0.190. The molecule has 12 heteroatoms. The van der Waals surface area contributed by atoms with Crippen LogP contribution in [0.4, 0.5) is 11.4 Å². The average molecular weight is 727 g/mol. The summed E-state index contributed by atoms with van der Waals surface area (Å²) < 4.78 is 26.0. The maximum absolute atomic E-state index is 13.0. The van der Waals surface area contributed by atoms with Gasteiger partial charge < -0.3 is 18.5 Å². The maximum Gasteiger partial charge on any atom is 0.290 e. The monoisotopic (exact) mass is 726 g/mol. The summed E-state index contributed by atoms with van der Waals surface area (Å²) in [6.45, 7) is 5.70. The minimum absolute atomic E-state index is 0.118. The van der Waals surface area contributed by atoms with Crippen molar-refractivity contribution in [1.29, 1.82) is 0 Å². The highest BCUT2D eigenvalue weighted by molar-refractivity contribution is 5.94. The van der Waals surface area contributed by atoms with Gasteiger partial charge in [0.2, 0.25) is 5.90 Å². The number of hydrazone groups is 2. The van der Waals surface area contributed by atoms with Crippen molar-refractivity contribution < 1.29 is 18.5 Å². The number of anilines is 2. The number of ether oxygens (including phenoxy) is 2. The number of benzene rings is 4. The highest BCUT2D eigenvalue weighted by atomic mass is 16.5. The Balaban J connectivity index is 1.30. The van der Waals surface area contributed by atoms with E-state index in [9.17, 15) is 9.59 Å². The molecule has 276 valence electrons. The van der Waals surface area contributed by atoms with Crippen LogP contribution in [0.1, 0.15) is 29.6 Å².